The second-order valence-corrected chi connectivity index (χ2v) is 6.69. The average molecular weight is 420 g/mol. The summed E-state index contributed by atoms with van der Waals surface area (Å²) in [6.45, 7) is 0.387. The first kappa shape index (κ1) is 20.7. The van der Waals surface area contributed by atoms with E-state index in [2.05, 4.69) is 15.3 Å². The van der Waals surface area contributed by atoms with Gasteiger partial charge < -0.3 is 10.3 Å². The lowest BCUT2D eigenvalue weighted by atomic mass is 10.1. The molecule has 0 saturated heterocycles. The van der Waals surface area contributed by atoms with Crippen molar-refractivity contribution >= 4 is 23.6 Å². The molecular weight excluding hydrogens is 403 g/mol. The van der Waals surface area contributed by atoms with Crippen LogP contribution in [0.1, 0.15) is 16.8 Å². The number of halogens is 4. The Morgan fingerprint density at radius 1 is 1.10 bits per heavy atom. The van der Waals surface area contributed by atoms with Crippen LogP contribution in [0.3, 0.4) is 0 Å². The summed E-state index contributed by atoms with van der Waals surface area (Å²) in [7, 11) is 0. The number of alkyl halides is 3. The molecule has 0 radical (unpaired) electrons. The van der Waals surface area contributed by atoms with E-state index < -0.39 is 11.7 Å². The van der Waals surface area contributed by atoms with E-state index in [4.69, 9.17) is 11.6 Å². The molecule has 0 spiro atoms. The summed E-state index contributed by atoms with van der Waals surface area (Å²) in [6, 6.07) is 11.9. The molecule has 2 aromatic carbocycles. The van der Waals surface area contributed by atoms with Crippen LogP contribution in [0.5, 0.6) is 0 Å². The summed E-state index contributed by atoms with van der Waals surface area (Å²) in [5.41, 5.74) is 1.55. The molecule has 1 amide bonds. The maximum atomic E-state index is 12.5. The largest absolute Gasteiger partial charge is 0.416 e. The Labute approximate surface area is 170 Å². The van der Waals surface area contributed by atoms with Crippen molar-refractivity contribution in [2.75, 3.05) is 6.54 Å². The van der Waals surface area contributed by atoms with E-state index >= 15 is 0 Å². The Morgan fingerprint density at radius 2 is 1.79 bits per heavy atom. The van der Waals surface area contributed by atoms with Crippen LogP contribution in [0, 0.1) is 0 Å². The highest BCUT2D eigenvalue weighted by atomic mass is 35.5. The molecule has 1 heterocycles. The number of benzene rings is 2. The SMILES string of the molecule is O=C(C=Cc1ccc(C(F)(F)F)cc1)NCCc1cnc(-c2ccc(Cl)cc2)[nH]1. The lowest BCUT2D eigenvalue weighted by Crippen LogP contribution is -2.23. The van der Waals surface area contributed by atoms with Gasteiger partial charge in [0.05, 0.1) is 5.56 Å². The fraction of sp³-hybridized carbons (Fsp3) is 0.143. The molecule has 29 heavy (non-hydrogen) atoms. The van der Waals surface area contributed by atoms with Crippen molar-refractivity contribution in [3.8, 4) is 11.4 Å². The summed E-state index contributed by atoms with van der Waals surface area (Å²) in [5.74, 6) is 0.382. The molecule has 0 fully saturated rings. The molecule has 150 valence electrons. The zero-order chi connectivity index (χ0) is 20.9. The Hall–Kier alpha value is -3.06. The summed E-state index contributed by atoms with van der Waals surface area (Å²) in [4.78, 5) is 19.4. The fourth-order valence-electron chi connectivity index (χ4n) is 2.58. The molecule has 4 nitrogen and oxygen atoms in total. The van der Waals surface area contributed by atoms with E-state index in [1.54, 1.807) is 18.3 Å². The quantitative estimate of drug-likeness (QED) is 0.545. The van der Waals surface area contributed by atoms with Gasteiger partial charge in [0.15, 0.2) is 0 Å². The molecule has 3 rings (SSSR count). The molecule has 0 aliphatic carbocycles. The highest BCUT2D eigenvalue weighted by Gasteiger charge is 2.29. The van der Waals surface area contributed by atoms with Gasteiger partial charge >= 0.3 is 6.18 Å². The van der Waals surface area contributed by atoms with E-state index in [0.717, 1.165) is 23.4 Å². The second-order valence-electron chi connectivity index (χ2n) is 6.26. The first-order valence-corrected chi connectivity index (χ1v) is 9.12. The number of nitrogens with one attached hydrogen (secondary N) is 2. The summed E-state index contributed by atoms with van der Waals surface area (Å²) >= 11 is 5.87. The Bertz CT molecular complexity index is 993. The van der Waals surface area contributed by atoms with Gasteiger partial charge in [-0.15, -0.1) is 0 Å². The minimum absolute atomic E-state index is 0.331. The topological polar surface area (TPSA) is 57.8 Å². The molecule has 1 aromatic heterocycles. The van der Waals surface area contributed by atoms with Crippen LogP contribution in [-0.2, 0) is 17.4 Å². The van der Waals surface area contributed by atoms with Crippen molar-refractivity contribution in [3.05, 3.63) is 82.6 Å². The van der Waals surface area contributed by atoms with Crippen LogP contribution in [0.15, 0.2) is 60.8 Å². The molecule has 0 atom stereocenters. The number of nitrogens with zero attached hydrogens (tertiary/aromatic N) is 1. The van der Waals surface area contributed by atoms with Crippen molar-refractivity contribution in [1.82, 2.24) is 15.3 Å². The van der Waals surface area contributed by atoms with Gasteiger partial charge in [0.1, 0.15) is 5.82 Å². The summed E-state index contributed by atoms with van der Waals surface area (Å²) in [5, 5.41) is 3.37. The predicted molar refractivity (Wildman–Crippen MR) is 106 cm³/mol. The smallest absolute Gasteiger partial charge is 0.352 e. The third kappa shape index (κ3) is 5.96. The summed E-state index contributed by atoms with van der Waals surface area (Å²) in [6.07, 6.45) is 0.632. The van der Waals surface area contributed by atoms with Gasteiger partial charge in [0, 0.05) is 41.5 Å². The Morgan fingerprint density at radius 3 is 2.45 bits per heavy atom. The van der Waals surface area contributed by atoms with E-state index in [0.29, 0.717) is 29.4 Å². The Balaban J connectivity index is 1.47. The van der Waals surface area contributed by atoms with Crippen LogP contribution in [0.25, 0.3) is 17.5 Å². The third-order valence-corrected chi connectivity index (χ3v) is 4.36. The van der Waals surface area contributed by atoms with Gasteiger partial charge in [-0.1, -0.05) is 23.7 Å². The zero-order valence-corrected chi connectivity index (χ0v) is 15.9. The van der Waals surface area contributed by atoms with Gasteiger partial charge in [-0.3, -0.25) is 4.79 Å². The molecule has 2 N–H and O–H groups in total. The number of carbonyl (C=O) groups excluding carboxylic acids is 1. The van der Waals surface area contributed by atoms with Crippen molar-refractivity contribution in [2.24, 2.45) is 0 Å². The molecule has 0 bridgehead atoms. The minimum Gasteiger partial charge on any atom is -0.352 e. The van der Waals surface area contributed by atoms with Crippen molar-refractivity contribution in [2.45, 2.75) is 12.6 Å². The molecule has 0 saturated carbocycles. The zero-order valence-electron chi connectivity index (χ0n) is 15.1. The molecule has 0 aliphatic heterocycles. The second kappa shape index (κ2) is 8.96. The van der Waals surface area contributed by atoms with Gasteiger partial charge in [0.25, 0.3) is 0 Å². The van der Waals surface area contributed by atoms with Crippen molar-refractivity contribution < 1.29 is 18.0 Å². The number of amides is 1. The molecule has 3 aromatic rings. The monoisotopic (exact) mass is 419 g/mol. The maximum absolute atomic E-state index is 12.5. The van der Waals surface area contributed by atoms with Gasteiger partial charge in [-0.25, -0.2) is 4.98 Å². The van der Waals surface area contributed by atoms with Gasteiger partial charge in [-0.05, 0) is 48.0 Å². The number of rotatable bonds is 6. The molecular formula is C21H17ClF3N3O. The molecule has 0 unspecified atom stereocenters. The average Bonchev–Trinajstić information content (AvgIpc) is 3.15. The first-order chi connectivity index (χ1) is 13.8. The van der Waals surface area contributed by atoms with Crippen LogP contribution in [-0.4, -0.2) is 22.4 Å². The van der Waals surface area contributed by atoms with E-state index in [1.807, 2.05) is 12.1 Å². The molecule has 8 heteroatoms. The first-order valence-electron chi connectivity index (χ1n) is 8.74. The normalized spacial score (nSPS) is 11.7. The number of imidazole rings is 1. The number of hydrogen-bond donors (Lipinski definition) is 2. The number of hydrogen-bond acceptors (Lipinski definition) is 2. The molecule has 0 aliphatic rings. The highest BCUT2D eigenvalue weighted by molar-refractivity contribution is 6.30. The van der Waals surface area contributed by atoms with Crippen LogP contribution in [0.4, 0.5) is 13.2 Å². The predicted octanol–water partition coefficient (Wildman–Crippen LogP) is 5.12. The number of carbonyl (C=O) groups is 1. The fourth-order valence-corrected chi connectivity index (χ4v) is 2.70. The van der Waals surface area contributed by atoms with Crippen molar-refractivity contribution in [1.29, 1.82) is 0 Å². The van der Waals surface area contributed by atoms with Crippen LogP contribution in [0.2, 0.25) is 5.02 Å². The Kier molecular flexibility index (Phi) is 6.39. The van der Waals surface area contributed by atoms with Crippen molar-refractivity contribution in [3.63, 3.8) is 0 Å². The van der Waals surface area contributed by atoms with Gasteiger partial charge in [0.2, 0.25) is 5.91 Å². The minimum atomic E-state index is -4.38. The standard InChI is InChI=1S/C21H17ClF3N3O/c22-17-8-4-15(5-9-17)20-27-13-18(28-20)11-12-26-19(29)10-3-14-1-6-16(7-2-14)21(23,24)25/h1-10,13H,11-12H2,(H,26,29)(H,27,28). The lowest BCUT2D eigenvalue weighted by molar-refractivity contribution is -0.137. The number of aromatic amines is 1. The van der Waals surface area contributed by atoms with E-state index in [-0.39, 0.29) is 5.91 Å². The highest BCUT2D eigenvalue weighted by Crippen LogP contribution is 2.29. The van der Waals surface area contributed by atoms with Crippen LogP contribution >= 0.6 is 11.6 Å². The summed E-state index contributed by atoms with van der Waals surface area (Å²) < 4.78 is 37.6. The number of aromatic nitrogens is 2. The van der Waals surface area contributed by atoms with E-state index in [9.17, 15) is 18.0 Å². The lowest BCUT2D eigenvalue weighted by Gasteiger charge is -2.06. The third-order valence-electron chi connectivity index (χ3n) is 4.10. The maximum Gasteiger partial charge on any atom is 0.416 e. The van der Waals surface area contributed by atoms with E-state index in [1.165, 1.54) is 24.3 Å². The number of H-pyrrole nitrogens is 1. The van der Waals surface area contributed by atoms with Gasteiger partial charge in [-0.2, -0.15) is 13.2 Å². The van der Waals surface area contributed by atoms with Crippen LogP contribution < -0.4 is 5.32 Å².